The van der Waals surface area contributed by atoms with Crippen molar-refractivity contribution in [1.82, 2.24) is 0 Å². The molecule has 0 saturated heterocycles. The second kappa shape index (κ2) is 12.4. The second-order valence-corrected chi connectivity index (χ2v) is 10.7. The van der Waals surface area contributed by atoms with Crippen LogP contribution in [-0.2, 0) is 12.8 Å². The van der Waals surface area contributed by atoms with Crippen LogP contribution >= 0.6 is 0 Å². The van der Waals surface area contributed by atoms with E-state index in [0.717, 1.165) is 42.6 Å². The van der Waals surface area contributed by atoms with Gasteiger partial charge in [0.25, 0.3) is 0 Å². The number of hydrogen-bond acceptors (Lipinski definition) is 1. The number of aryl methyl sites for hydroxylation is 1. The van der Waals surface area contributed by atoms with Gasteiger partial charge in [0.05, 0.1) is 0 Å². The molecule has 33 heavy (non-hydrogen) atoms. The van der Waals surface area contributed by atoms with Crippen LogP contribution in [0.15, 0.2) is 67.3 Å². The Balaban J connectivity index is 1.27. The molecule has 0 aromatic heterocycles. The third-order valence-electron chi connectivity index (χ3n) is 8.42. The standard InChI is InChI=1S/C32H42O/c1-2-9-30(21-14-25-10-5-3-6-11-25)32(33)31-22-17-27(18-23-31)24-26-15-19-29(20-16-26)28-12-7-4-8-13-28/h2-3,5-6,10-11,17-18,22-23,26,28-30H,1,4,7-9,12-16,19-21,24H2. The number of benzene rings is 2. The molecule has 0 radical (unpaired) electrons. The molecule has 1 atom stereocenters. The van der Waals surface area contributed by atoms with Gasteiger partial charge >= 0.3 is 0 Å². The molecule has 2 fully saturated rings. The molecule has 0 heterocycles. The highest BCUT2D eigenvalue weighted by Gasteiger charge is 2.28. The summed E-state index contributed by atoms with van der Waals surface area (Å²) in [7, 11) is 0. The van der Waals surface area contributed by atoms with Crippen molar-refractivity contribution in [1.29, 1.82) is 0 Å². The van der Waals surface area contributed by atoms with Crippen LogP contribution in [0.4, 0.5) is 0 Å². The minimum Gasteiger partial charge on any atom is -0.294 e. The highest BCUT2D eigenvalue weighted by Crippen LogP contribution is 2.40. The predicted molar refractivity (Wildman–Crippen MR) is 140 cm³/mol. The van der Waals surface area contributed by atoms with Gasteiger partial charge in [-0.2, -0.15) is 0 Å². The molecular formula is C32H42O. The van der Waals surface area contributed by atoms with Crippen LogP contribution in [0.25, 0.3) is 0 Å². The van der Waals surface area contributed by atoms with Crippen LogP contribution in [0.3, 0.4) is 0 Å². The monoisotopic (exact) mass is 442 g/mol. The number of rotatable bonds is 10. The molecule has 2 aliphatic rings. The fourth-order valence-corrected chi connectivity index (χ4v) is 6.39. The Hall–Kier alpha value is -2.15. The van der Waals surface area contributed by atoms with E-state index in [9.17, 15) is 4.79 Å². The van der Waals surface area contributed by atoms with Crippen LogP contribution in [0.5, 0.6) is 0 Å². The molecule has 0 amide bonds. The van der Waals surface area contributed by atoms with E-state index in [4.69, 9.17) is 0 Å². The van der Waals surface area contributed by atoms with Gasteiger partial charge in [-0.25, -0.2) is 0 Å². The maximum Gasteiger partial charge on any atom is 0.166 e. The molecule has 2 saturated carbocycles. The third kappa shape index (κ3) is 6.92. The summed E-state index contributed by atoms with van der Waals surface area (Å²) in [6, 6.07) is 19.0. The molecule has 0 N–H and O–H groups in total. The van der Waals surface area contributed by atoms with E-state index in [1.165, 1.54) is 75.3 Å². The molecular weight excluding hydrogens is 400 g/mol. The van der Waals surface area contributed by atoms with Gasteiger partial charge in [-0.3, -0.25) is 4.79 Å². The molecule has 0 spiro atoms. The van der Waals surface area contributed by atoms with E-state index in [1.807, 2.05) is 12.1 Å². The summed E-state index contributed by atoms with van der Waals surface area (Å²) < 4.78 is 0. The molecule has 2 aliphatic carbocycles. The predicted octanol–water partition coefficient (Wildman–Crippen LogP) is 8.62. The van der Waals surface area contributed by atoms with Gasteiger partial charge in [-0.15, -0.1) is 6.58 Å². The number of hydrogen-bond donors (Lipinski definition) is 0. The average Bonchev–Trinajstić information content (AvgIpc) is 2.88. The van der Waals surface area contributed by atoms with Crippen LogP contribution in [0, 0.1) is 23.7 Å². The summed E-state index contributed by atoms with van der Waals surface area (Å²) in [5.41, 5.74) is 3.56. The van der Waals surface area contributed by atoms with Gasteiger partial charge in [-0.05, 0) is 80.2 Å². The summed E-state index contributed by atoms with van der Waals surface area (Å²) >= 11 is 0. The summed E-state index contributed by atoms with van der Waals surface area (Å²) in [6.07, 6.45) is 18.7. The van der Waals surface area contributed by atoms with Crippen molar-refractivity contribution >= 4 is 5.78 Å². The van der Waals surface area contributed by atoms with Gasteiger partial charge in [-0.1, -0.05) is 92.8 Å². The maximum atomic E-state index is 13.2. The second-order valence-electron chi connectivity index (χ2n) is 10.7. The first-order valence-corrected chi connectivity index (χ1v) is 13.5. The number of Topliss-reactive ketones (excluding diaryl/α,β-unsaturated/α-hetero) is 1. The number of allylic oxidation sites excluding steroid dienone is 1. The minimum absolute atomic E-state index is 0.0172. The zero-order valence-electron chi connectivity index (χ0n) is 20.4. The Morgan fingerprint density at radius 3 is 2.15 bits per heavy atom. The minimum atomic E-state index is 0.0172. The highest BCUT2D eigenvalue weighted by atomic mass is 16.1. The van der Waals surface area contributed by atoms with Crippen molar-refractivity contribution in [2.24, 2.45) is 23.7 Å². The lowest BCUT2D eigenvalue weighted by Gasteiger charge is -2.36. The molecule has 2 aromatic carbocycles. The average molecular weight is 443 g/mol. The van der Waals surface area contributed by atoms with Crippen molar-refractivity contribution in [3.8, 4) is 0 Å². The smallest absolute Gasteiger partial charge is 0.166 e. The maximum absolute atomic E-state index is 13.2. The highest BCUT2D eigenvalue weighted by molar-refractivity contribution is 5.98. The molecule has 1 nitrogen and oxygen atoms in total. The Kier molecular flexibility index (Phi) is 8.98. The van der Waals surface area contributed by atoms with E-state index in [0.29, 0.717) is 0 Å². The Morgan fingerprint density at radius 2 is 1.48 bits per heavy atom. The molecule has 0 aliphatic heterocycles. The third-order valence-corrected chi connectivity index (χ3v) is 8.42. The molecule has 2 aromatic rings. The normalized spacial score (nSPS) is 22.5. The molecule has 1 unspecified atom stereocenters. The van der Waals surface area contributed by atoms with E-state index < -0.39 is 0 Å². The van der Waals surface area contributed by atoms with Gasteiger partial charge in [0, 0.05) is 11.5 Å². The lowest BCUT2D eigenvalue weighted by Crippen LogP contribution is -2.24. The summed E-state index contributed by atoms with van der Waals surface area (Å²) in [4.78, 5) is 13.2. The van der Waals surface area contributed by atoms with Crippen LogP contribution in [0.1, 0.15) is 92.1 Å². The topological polar surface area (TPSA) is 17.1 Å². The van der Waals surface area contributed by atoms with Gasteiger partial charge in [0.1, 0.15) is 0 Å². The Labute approximate surface area is 201 Å². The lowest BCUT2D eigenvalue weighted by atomic mass is 9.70. The first kappa shape index (κ1) is 24.0. The first-order chi connectivity index (χ1) is 16.2. The van der Waals surface area contributed by atoms with Crippen LogP contribution in [-0.4, -0.2) is 5.78 Å². The van der Waals surface area contributed by atoms with Crippen molar-refractivity contribution in [2.45, 2.75) is 83.5 Å². The summed E-state index contributed by atoms with van der Waals surface area (Å²) in [5.74, 6) is 3.13. The Morgan fingerprint density at radius 1 is 0.818 bits per heavy atom. The lowest BCUT2D eigenvalue weighted by molar-refractivity contribution is 0.0914. The first-order valence-electron chi connectivity index (χ1n) is 13.5. The molecule has 4 rings (SSSR count). The quantitative estimate of drug-likeness (QED) is 0.266. The van der Waals surface area contributed by atoms with E-state index in [-0.39, 0.29) is 11.7 Å². The zero-order valence-corrected chi connectivity index (χ0v) is 20.4. The number of carbonyl (C=O) groups is 1. The zero-order chi connectivity index (χ0) is 22.9. The van der Waals surface area contributed by atoms with E-state index in [1.54, 1.807) is 0 Å². The van der Waals surface area contributed by atoms with Gasteiger partial charge in [0.15, 0.2) is 5.78 Å². The molecule has 0 bridgehead atoms. The summed E-state index contributed by atoms with van der Waals surface area (Å²) in [5, 5.41) is 0. The van der Waals surface area contributed by atoms with Crippen molar-refractivity contribution in [3.05, 3.63) is 83.9 Å². The fourth-order valence-electron chi connectivity index (χ4n) is 6.39. The largest absolute Gasteiger partial charge is 0.294 e. The van der Waals surface area contributed by atoms with E-state index >= 15 is 0 Å². The molecule has 176 valence electrons. The van der Waals surface area contributed by atoms with Crippen molar-refractivity contribution < 1.29 is 4.79 Å². The van der Waals surface area contributed by atoms with Crippen molar-refractivity contribution in [2.75, 3.05) is 0 Å². The van der Waals surface area contributed by atoms with E-state index in [2.05, 4.69) is 55.1 Å². The fraction of sp³-hybridized carbons (Fsp3) is 0.531. The Bertz CT molecular complexity index is 851. The van der Waals surface area contributed by atoms with Gasteiger partial charge < -0.3 is 0 Å². The summed E-state index contributed by atoms with van der Waals surface area (Å²) in [6.45, 7) is 3.89. The number of ketones is 1. The van der Waals surface area contributed by atoms with Crippen molar-refractivity contribution in [3.63, 3.8) is 0 Å². The van der Waals surface area contributed by atoms with Gasteiger partial charge in [0.2, 0.25) is 0 Å². The van der Waals surface area contributed by atoms with Crippen LogP contribution in [0.2, 0.25) is 0 Å². The SMILES string of the molecule is C=CCC(CCc1ccccc1)C(=O)c1ccc(CC2CCC(C3CCCCC3)CC2)cc1. The number of carbonyl (C=O) groups excluding carboxylic acids is 1. The van der Waals surface area contributed by atoms with Crippen LogP contribution < -0.4 is 0 Å². The molecule has 1 heteroatoms.